The lowest BCUT2D eigenvalue weighted by Crippen LogP contribution is -2.11. The summed E-state index contributed by atoms with van der Waals surface area (Å²) in [6, 6.07) is 0. The van der Waals surface area contributed by atoms with Crippen LogP contribution in [-0.4, -0.2) is 0 Å². The quantitative estimate of drug-likeness (QED) is 0.570. The summed E-state index contributed by atoms with van der Waals surface area (Å²) in [5, 5.41) is 0. The maximum absolute atomic E-state index is 2.33. The maximum atomic E-state index is 2.33. The molecule has 0 radical (unpaired) electrons. The monoisotopic (exact) mass is 256 g/mol. The molecule has 0 fully saturated rings. The van der Waals surface area contributed by atoms with Crippen molar-refractivity contribution in [1.29, 1.82) is 0 Å². The minimum Gasteiger partial charge on any atom is -0.0629 e. The van der Waals surface area contributed by atoms with Gasteiger partial charge in [-0.25, -0.2) is 0 Å². The van der Waals surface area contributed by atoms with E-state index >= 15 is 0 Å². The van der Waals surface area contributed by atoms with Gasteiger partial charge in [-0.15, -0.1) is 0 Å². The molecule has 2 rings (SSSR count). The fourth-order valence-corrected chi connectivity index (χ4v) is 3.82. The third kappa shape index (κ3) is 2.06. The highest BCUT2D eigenvalue weighted by atomic mass is 14.4. The fraction of sp³-hybridized carbons (Fsp3) is 0.579. The Labute approximate surface area is 119 Å². The number of allylic oxidation sites excluding steroid dienone is 8. The molecular formula is C19H28. The standard InChI is InChI=1S/C19H28/c1-10-11(2)15(6)18(14(10)5)9-19-16(7)12(3)13(4)17(19)8/h18-19H,9H2,1-8H3. The van der Waals surface area contributed by atoms with Gasteiger partial charge in [-0.3, -0.25) is 0 Å². The zero-order chi connectivity index (χ0) is 14.5. The Hall–Kier alpha value is -1.04. The Morgan fingerprint density at radius 2 is 0.684 bits per heavy atom. The summed E-state index contributed by atoms with van der Waals surface area (Å²) in [5.74, 6) is 1.32. The van der Waals surface area contributed by atoms with Gasteiger partial charge >= 0.3 is 0 Å². The highest BCUT2D eigenvalue weighted by Crippen LogP contribution is 2.46. The molecule has 0 spiro atoms. The minimum atomic E-state index is 0.661. The topological polar surface area (TPSA) is 0 Å². The molecule has 104 valence electrons. The van der Waals surface area contributed by atoms with Gasteiger partial charge in [0, 0.05) is 11.8 Å². The molecule has 19 heavy (non-hydrogen) atoms. The lowest BCUT2D eigenvalue weighted by atomic mass is 9.82. The Kier molecular flexibility index (Phi) is 3.64. The maximum Gasteiger partial charge on any atom is 0.00218 e. The zero-order valence-electron chi connectivity index (χ0n) is 13.9. The molecule has 0 unspecified atom stereocenters. The van der Waals surface area contributed by atoms with Crippen LogP contribution in [0.1, 0.15) is 61.8 Å². The van der Waals surface area contributed by atoms with Gasteiger partial charge in [-0.05, 0) is 84.1 Å². The van der Waals surface area contributed by atoms with Crippen molar-refractivity contribution in [2.24, 2.45) is 11.8 Å². The summed E-state index contributed by atoms with van der Waals surface area (Å²) in [6.45, 7) is 18.4. The van der Waals surface area contributed by atoms with Crippen LogP contribution in [0.5, 0.6) is 0 Å². The van der Waals surface area contributed by atoms with Crippen LogP contribution in [0.2, 0.25) is 0 Å². The Balaban J connectivity index is 2.30. The highest BCUT2D eigenvalue weighted by Gasteiger charge is 2.31. The van der Waals surface area contributed by atoms with Crippen LogP contribution in [0.25, 0.3) is 0 Å². The summed E-state index contributed by atoms with van der Waals surface area (Å²) in [4.78, 5) is 0. The third-order valence-electron chi connectivity index (χ3n) is 6.05. The van der Waals surface area contributed by atoms with E-state index in [0.717, 1.165) is 0 Å². The van der Waals surface area contributed by atoms with Crippen LogP contribution in [-0.2, 0) is 0 Å². The van der Waals surface area contributed by atoms with Gasteiger partial charge in [0.05, 0.1) is 0 Å². The second-order valence-electron chi connectivity index (χ2n) is 6.57. The van der Waals surface area contributed by atoms with Gasteiger partial charge in [-0.1, -0.05) is 22.3 Å². The van der Waals surface area contributed by atoms with Crippen LogP contribution in [0, 0.1) is 11.8 Å². The molecule has 0 heteroatoms. The molecule has 2 aliphatic carbocycles. The van der Waals surface area contributed by atoms with Crippen molar-refractivity contribution in [2.45, 2.75) is 61.8 Å². The Morgan fingerprint density at radius 1 is 0.474 bits per heavy atom. The zero-order valence-corrected chi connectivity index (χ0v) is 13.9. The van der Waals surface area contributed by atoms with E-state index in [1.807, 2.05) is 0 Å². The fourth-order valence-electron chi connectivity index (χ4n) is 3.82. The molecular weight excluding hydrogens is 228 g/mol. The summed E-state index contributed by atoms with van der Waals surface area (Å²) in [5.41, 5.74) is 12.5. The summed E-state index contributed by atoms with van der Waals surface area (Å²) < 4.78 is 0. The van der Waals surface area contributed by atoms with Gasteiger partial charge in [0.25, 0.3) is 0 Å². The second-order valence-corrected chi connectivity index (χ2v) is 6.57. The van der Waals surface area contributed by atoms with Crippen molar-refractivity contribution in [3.63, 3.8) is 0 Å². The molecule has 0 N–H and O–H groups in total. The van der Waals surface area contributed by atoms with Crippen molar-refractivity contribution in [2.75, 3.05) is 0 Å². The molecule has 0 atom stereocenters. The second kappa shape index (κ2) is 4.81. The molecule has 0 nitrogen and oxygen atoms in total. The van der Waals surface area contributed by atoms with Crippen LogP contribution >= 0.6 is 0 Å². The SMILES string of the molecule is CC1=C(C)C(CC2C(C)=C(C)C(C)=C2C)C(C)=C1C. The van der Waals surface area contributed by atoms with E-state index in [0.29, 0.717) is 11.8 Å². The highest BCUT2D eigenvalue weighted by molar-refractivity contribution is 5.49. The van der Waals surface area contributed by atoms with Crippen LogP contribution in [0.15, 0.2) is 44.6 Å². The van der Waals surface area contributed by atoms with Crippen molar-refractivity contribution in [1.82, 2.24) is 0 Å². The lowest BCUT2D eigenvalue weighted by molar-refractivity contribution is 0.547. The van der Waals surface area contributed by atoms with Gasteiger partial charge in [0.2, 0.25) is 0 Å². The molecule has 0 aromatic heterocycles. The van der Waals surface area contributed by atoms with Crippen LogP contribution < -0.4 is 0 Å². The summed E-state index contributed by atoms with van der Waals surface area (Å²) >= 11 is 0. The van der Waals surface area contributed by atoms with Crippen LogP contribution in [0.3, 0.4) is 0 Å². The first-order valence-corrected chi connectivity index (χ1v) is 7.47. The first-order valence-electron chi connectivity index (χ1n) is 7.47. The molecule has 0 saturated heterocycles. The molecule has 0 aromatic rings. The molecule has 2 aliphatic rings. The Morgan fingerprint density at radius 3 is 0.895 bits per heavy atom. The van der Waals surface area contributed by atoms with Crippen LogP contribution in [0.4, 0.5) is 0 Å². The van der Waals surface area contributed by atoms with E-state index < -0.39 is 0 Å². The normalized spacial score (nSPS) is 22.7. The largest absolute Gasteiger partial charge is 0.0629 e. The third-order valence-corrected chi connectivity index (χ3v) is 6.05. The molecule has 0 heterocycles. The average Bonchev–Trinajstić information content (AvgIpc) is 2.68. The van der Waals surface area contributed by atoms with Crippen molar-refractivity contribution in [3.05, 3.63) is 44.6 Å². The molecule has 0 amide bonds. The van der Waals surface area contributed by atoms with E-state index in [1.54, 1.807) is 22.3 Å². The molecule has 0 saturated carbocycles. The smallest absolute Gasteiger partial charge is 0.00218 e. The number of hydrogen-bond acceptors (Lipinski definition) is 0. The summed E-state index contributed by atoms with van der Waals surface area (Å²) in [6.07, 6.45) is 1.26. The van der Waals surface area contributed by atoms with E-state index in [2.05, 4.69) is 55.4 Å². The molecule has 0 bridgehead atoms. The first kappa shape index (κ1) is 14.4. The Bertz CT molecular complexity index is 449. The van der Waals surface area contributed by atoms with Gasteiger partial charge in [0.1, 0.15) is 0 Å². The van der Waals surface area contributed by atoms with Gasteiger partial charge < -0.3 is 0 Å². The van der Waals surface area contributed by atoms with Crippen molar-refractivity contribution < 1.29 is 0 Å². The minimum absolute atomic E-state index is 0.661. The van der Waals surface area contributed by atoms with E-state index in [1.165, 1.54) is 28.7 Å². The number of rotatable bonds is 2. The van der Waals surface area contributed by atoms with E-state index in [4.69, 9.17) is 0 Å². The number of hydrogen-bond donors (Lipinski definition) is 0. The molecule has 0 aromatic carbocycles. The first-order chi connectivity index (χ1) is 8.77. The van der Waals surface area contributed by atoms with E-state index in [9.17, 15) is 0 Å². The predicted molar refractivity (Wildman–Crippen MR) is 85.1 cm³/mol. The molecule has 0 aliphatic heterocycles. The average molecular weight is 256 g/mol. The van der Waals surface area contributed by atoms with Gasteiger partial charge in [0.15, 0.2) is 0 Å². The lowest BCUT2D eigenvalue weighted by Gasteiger charge is -2.22. The van der Waals surface area contributed by atoms with Crippen molar-refractivity contribution >= 4 is 0 Å². The summed E-state index contributed by atoms with van der Waals surface area (Å²) in [7, 11) is 0. The predicted octanol–water partition coefficient (Wildman–Crippen LogP) is 5.98. The van der Waals surface area contributed by atoms with E-state index in [-0.39, 0.29) is 0 Å². The van der Waals surface area contributed by atoms with Gasteiger partial charge in [-0.2, -0.15) is 0 Å². The van der Waals surface area contributed by atoms with Crippen molar-refractivity contribution in [3.8, 4) is 0 Å².